The van der Waals surface area contributed by atoms with Gasteiger partial charge in [0.1, 0.15) is 5.69 Å². The van der Waals surface area contributed by atoms with Crippen LogP contribution in [0.2, 0.25) is 10.0 Å². The van der Waals surface area contributed by atoms with E-state index in [0.717, 1.165) is 18.5 Å². The Bertz CT molecular complexity index is 776. The van der Waals surface area contributed by atoms with Crippen molar-refractivity contribution in [3.8, 4) is 0 Å². The van der Waals surface area contributed by atoms with Crippen LogP contribution in [0.4, 0.5) is 11.6 Å². The number of hydrogen-bond acceptors (Lipinski definition) is 4. The SMILES string of the molecule is Cc1cc(C(=O)Nc2cc(Cl)ccc2Cl)nc(NC2CCCCC2)n1. The number of aryl methyl sites for hydroxylation is 1. The Kier molecular flexibility index (Phi) is 5.76. The van der Waals surface area contributed by atoms with E-state index in [1.165, 1.54) is 19.3 Å². The lowest BCUT2D eigenvalue weighted by Crippen LogP contribution is -2.24. The first-order valence-electron chi connectivity index (χ1n) is 8.40. The molecule has 0 aliphatic heterocycles. The molecule has 1 fully saturated rings. The molecule has 7 heteroatoms. The quantitative estimate of drug-likeness (QED) is 0.777. The highest BCUT2D eigenvalue weighted by Gasteiger charge is 2.17. The molecule has 1 aromatic carbocycles. The summed E-state index contributed by atoms with van der Waals surface area (Å²) in [6, 6.07) is 6.94. The molecule has 25 heavy (non-hydrogen) atoms. The van der Waals surface area contributed by atoms with Crippen molar-refractivity contribution in [3.63, 3.8) is 0 Å². The van der Waals surface area contributed by atoms with Crippen LogP contribution >= 0.6 is 23.2 Å². The second-order valence-corrected chi connectivity index (χ2v) is 7.12. The van der Waals surface area contributed by atoms with Crippen LogP contribution in [0.1, 0.15) is 48.3 Å². The van der Waals surface area contributed by atoms with Gasteiger partial charge < -0.3 is 10.6 Å². The first kappa shape index (κ1) is 18.0. The molecule has 2 N–H and O–H groups in total. The molecule has 1 amide bonds. The number of benzene rings is 1. The predicted octanol–water partition coefficient (Wildman–Crippen LogP) is 5.09. The van der Waals surface area contributed by atoms with Gasteiger partial charge in [0.15, 0.2) is 0 Å². The van der Waals surface area contributed by atoms with Crippen molar-refractivity contribution in [2.24, 2.45) is 0 Å². The van der Waals surface area contributed by atoms with Gasteiger partial charge in [-0.3, -0.25) is 4.79 Å². The molecular formula is C18H20Cl2N4O. The normalized spacial score (nSPS) is 15.0. The number of carbonyl (C=O) groups excluding carboxylic acids is 1. The van der Waals surface area contributed by atoms with Crippen molar-refractivity contribution < 1.29 is 4.79 Å². The van der Waals surface area contributed by atoms with Crippen LogP contribution in [0.15, 0.2) is 24.3 Å². The first-order chi connectivity index (χ1) is 12.0. The van der Waals surface area contributed by atoms with Gasteiger partial charge in [-0.15, -0.1) is 0 Å². The van der Waals surface area contributed by atoms with E-state index in [1.54, 1.807) is 24.3 Å². The van der Waals surface area contributed by atoms with E-state index < -0.39 is 0 Å². The number of nitrogens with zero attached hydrogens (tertiary/aromatic N) is 2. The zero-order chi connectivity index (χ0) is 17.8. The fraction of sp³-hybridized carbons (Fsp3) is 0.389. The van der Waals surface area contributed by atoms with E-state index >= 15 is 0 Å². The van der Waals surface area contributed by atoms with Gasteiger partial charge in [-0.25, -0.2) is 9.97 Å². The topological polar surface area (TPSA) is 66.9 Å². The molecule has 0 atom stereocenters. The second-order valence-electron chi connectivity index (χ2n) is 6.28. The molecule has 2 aromatic rings. The van der Waals surface area contributed by atoms with Gasteiger partial charge in [0, 0.05) is 16.8 Å². The van der Waals surface area contributed by atoms with Crippen molar-refractivity contribution in [1.29, 1.82) is 0 Å². The minimum absolute atomic E-state index is 0.293. The van der Waals surface area contributed by atoms with Gasteiger partial charge >= 0.3 is 0 Å². The Morgan fingerprint density at radius 1 is 1.12 bits per heavy atom. The van der Waals surface area contributed by atoms with Gasteiger partial charge in [0.05, 0.1) is 10.7 Å². The molecule has 5 nitrogen and oxygen atoms in total. The molecule has 1 aromatic heterocycles. The summed E-state index contributed by atoms with van der Waals surface area (Å²) >= 11 is 12.1. The summed E-state index contributed by atoms with van der Waals surface area (Å²) in [6.45, 7) is 1.84. The predicted molar refractivity (Wildman–Crippen MR) is 102 cm³/mol. The van der Waals surface area contributed by atoms with Crippen LogP contribution in [-0.4, -0.2) is 21.9 Å². The van der Waals surface area contributed by atoms with Crippen LogP contribution in [0.3, 0.4) is 0 Å². The minimum atomic E-state index is -0.346. The van der Waals surface area contributed by atoms with E-state index in [-0.39, 0.29) is 5.91 Å². The maximum Gasteiger partial charge on any atom is 0.274 e. The van der Waals surface area contributed by atoms with Crippen LogP contribution in [0, 0.1) is 6.92 Å². The highest BCUT2D eigenvalue weighted by Crippen LogP contribution is 2.26. The first-order valence-corrected chi connectivity index (χ1v) is 9.15. The van der Waals surface area contributed by atoms with E-state index in [1.807, 2.05) is 6.92 Å². The maximum atomic E-state index is 12.5. The average Bonchev–Trinajstić information content (AvgIpc) is 2.58. The number of amides is 1. The summed E-state index contributed by atoms with van der Waals surface area (Å²) in [5.74, 6) is 0.149. The number of rotatable bonds is 4. The maximum absolute atomic E-state index is 12.5. The van der Waals surface area contributed by atoms with Crippen molar-refractivity contribution >= 4 is 40.7 Å². The third-order valence-electron chi connectivity index (χ3n) is 4.20. The molecule has 0 unspecified atom stereocenters. The number of nitrogens with one attached hydrogen (secondary N) is 2. The van der Waals surface area contributed by atoms with Crippen LogP contribution in [0.25, 0.3) is 0 Å². The third-order valence-corrected chi connectivity index (χ3v) is 4.77. The molecule has 0 spiro atoms. The lowest BCUT2D eigenvalue weighted by Gasteiger charge is -2.23. The molecule has 1 aliphatic rings. The molecular weight excluding hydrogens is 359 g/mol. The van der Waals surface area contributed by atoms with Gasteiger partial charge in [-0.05, 0) is 44.0 Å². The van der Waals surface area contributed by atoms with Crippen molar-refractivity contribution in [2.75, 3.05) is 10.6 Å². The number of aromatic nitrogens is 2. The number of anilines is 2. The van der Waals surface area contributed by atoms with E-state index in [2.05, 4.69) is 20.6 Å². The summed E-state index contributed by atoms with van der Waals surface area (Å²) in [5, 5.41) is 7.02. The van der Waals surface area contributed by atoms with E-state index in [9.17, 15) is 4.79 Å². The molecule has 1 aliphatic carbocycles. The molecule has 1 saturated carbocycles. The summed E-state index contributed by atoms with van der Waals surface area (Å²) in [4.78, 5) is 21.3. The zero-order valence-electron chi connectivity index (χ0n) is 14.0. The Hall–Kier alpha value is -1.85. The number of halogens is 2. The van der Waals surface area contributed by atoms with Crippen LogP contribution in [0.5, 0.6) is 0 Å². The van der Waals surface area contributed by atoms with E-state index in [4.69, 9.17) is 23.2 Å². The van der Waals surface area contributed by atoms with E-state index in [0.29, 0.717) is 33.4 Å². The molecule has 132 valence electrons. The summed E-state index contributed by atoms with van der Waals surface area (Å²) in [7, 11) is 0. The fourth-order valence-electron chi connectivity index (χ4n) is 2.96. The third kappa shape index (κ3) is 4.83. The smallest absolute Gasteiger partial charge is 0.274 e. The zero-order valence-corrected chi connectivity index (χ0v) is 15.5. The van der Waals surface area contributed by atoms with Crippen LogP contribution < -0.4 is 10.6 Å². The molecule has 1 heterocycles. The largest absolute Gasteiger partial charge is 0.351 e. The lowest BCUT2D eigenvalue weighted by atomic mass is 9.96. The fourth-order valence-corrected chi connectivity index (χ4v) is 3.30. The number of hydrogen-bond donors (Lipinski definition) is 2. The van der Waals surface area contributed by atoms with Gasteiger partial charge in [-0.2, -0.15) is 0 Å². The van der Waals surface area contributed by atoms with Gasteiger partial charge in [-0.1, -0.05) is 42.5 Å². The molecule has 0 saturated heterocycles. The minimum Gasteiger partial charge on any atom is -0.351 e. The molecule has 3 rings (SSSR count). The Balaban J connectivity index is 1.76. The average molecular weight is 379 g/mol. The number of carbonyl (C=O) groups is 1. The lowest BCUT2D eigenvalue weighted by molar-refractivity contribution is 0.102. The highest BCUT2D eigenvalue weighted by atomic mass is 35.5. The molecule has 0 radical (unpaired) electrons. The summed E-state index contributed by atoms with van der Waals surface area (Å²) in [6.07, 6.45) is 5.92. The molecule has 0 bridgehead atoms. The Morgan fingerprint density at radius 3 is 2.64 bits per heavy atom. The monoisotopic (exact) mass is 378 g/mol. The Morgan fingerprint density at radius 2 is 1.88 bits per heavy atom. The van der Waals surface area contributed by atoms with Gasteiger partial charge in [0.2, 0.25) is 5.95 Å². The summed E-state index contributed by atoms with van der Waals surface area (Å²) in [5.41, 5.74) is 1.48. The van der Waals surface area contributed by atoms with Crippen LogP contribution in [-0.2, 0) is 0 Å². The Labute approximate surface area is 157 Å². The highest BCUT2D eigenvalue weighted by molar-refractivity contribution is 6.35. The van der Waals surface area contributed by atoms with Crippen molar-refractivity contribution in [2.45, 2.75) is 45.1 Å². The second kappa shape index (κ2) is 8.02. The van der Waals surface area contributed by atoms with Crippen molar-refractivity contribution in [1.82, 2.24) is 9.97 Å². The summed E-state index contributed by atoms with van der Waals surface area (Å²) < 4.78 is 0. The van der Waals surface area contributed by atoms with Crippen molar-refractivity contribution in [3.05, 3.63) is 45.7 Å². The standard InChI is InChI=1S/C18H20Cl2N4O/c1-11-9-16(17(25)23-15-10-12(19)7-8-14(15)20)24-18(21-11)22-13-5-3-2-4-6-13/h7-10,13H,2-6H2,1H3,(H,23,25)(H,21,22,24). The van der Waals surface area contributed by atoms with Gasteiger partial charge in [0.25, 0.3) is 5.91 Å².